The van der Waals surface area contributed by atoms with Crippen LogP contribution in [0.1, 0.15) is 20.3 Å². The Bertz CT molecular complexity index is 526. The van der Waals surface area contributed by atoms with E-state index >= 15 is 0 Å². The predicted molar refractivity (Wildman–Crippen MR) is 88.6 cm³/mol. The number of halogens is 3. The number of piperidine rings is 1. The van der Waals surface area contributed by atoms with Crippen LogP contribution in [0.25, 0.3) is 0 Å². The van der Waals surface area contributed by atoms with E-state index in [9.17, 15) is 4.79 Å². The molecule has 0 spiro atoms. The van der Waals surface area contributed by atoms with Gasteiger partial charge < -0.3 is 10.2 Å². The summed E-state index contributed by atoms with van der Waals surface area (Å²) in [6.45, 7) is 7.00. The highest BCUT2D eigenvalue weighted by Crippen LogP contribution is 2.32. The van der Waals surface area contributed by atoms with E-state index in [4.69, 9.17) is 34.8 Å². The summed E-state index contributed by atoms with van der Waals surface area (Å²) in [7, 11) is 0. The molecule has 0 aliphatic carbocycles. The molecule has 2 N–H and O–H groups in total. The van der Waals surface area contributed by atoms with Gasteiger partial charge in [0.2, 0.25) is 0 Å². The van der Waals surface area contributed by atoms with Crippen LogP contribution in [0.2, 0.25) is 15.1 Å². The summed E-state index contributed by atoms with van der Waals surface area (Å²) in [5.41, 5.74) is 0.508. The first-order valence-corrected chi connectivity index (χ1v) is 8.26. The third-order valence-electron chi connectivity index (χ3n) is 3.77. The Hall–Kier alpha value is -0.480. The van der Waals surface area contributed by atoms with E-state index in [2.05, 4.69) is 19.2 Å². The molecule has 1 aromatic rings. The summed E-state index contributed by atoms with van der Waals surface area (Å²) in [6.07, 6.45) is 1.24. The second kappa shape index (κ2) is 7.19. The highest BCUT2D eigenvalue weighted by atomic mass is 35.5. The molecule has 1 amide bonds. The Morgan fingerprint density at radius 3 is 2.33 bits per heavy atom. The molecule has 1 aliphatic rings. The smallest absolute Gasteiger partial charge is 0.279 e. The Kier molecular flexibility index (Phi) is 5.78. The van der Waals surface area contributed by atoms with E-state index in [1.54, 1.807) is 12.1 Å². The third-order valence-corrected chi connectivity index (χ3v) is 4.81. The quantitative estimate of drug-likeness (QED) is 0.807. The molecule has 1 aliphatic heterocycles. The SMILES string of the molecule is C[C@@H]1C[C@H](C)C[NH+](CC(=O)Nc2cc(Cl)c(Cl)cc2Cl)C1. The van der Waals surface area contributed by atoms with E-state index in [-0.39, 0.29) is 5.91 Å². The van der Waals surface area contributed by atoms with Crippen molar-refractivity contribution >= 4 is 46.4 Å². The molecule has 6 heteroatoms. The highest BCUT2D eigenvalue weighted by Gasteiger charge is 2.26. The van der Waals surface area contributed by atoms with E-state index in [1.165, 1.54) is 11.3 Å². The van der Waals surface area contributed by atoms with Crippen LogP contribution in [0.5, 0.6) is 0 Å². The van der Waals surface area contributed by atoms with E-state index in [0.717, 1.165) is 13.1 Å². The number of hydrogen-bond donors (Lipinski definition) is 2. The monoisotopic (exact) mass is 349 g/mol. The second-order valence-corrected chi connectivity index (χ2v) is 7.30. The first kappa shape index (κ1) is 16.9. The van der Waals surface area contributed by atoms with Gasteiger partial charge in [0.15, 0.2) is 6.54 Å². The maximum Gasteiger partial charge on any atom is 0.279 e. The largest absolute Gasteiger partial charge is 0.327 e. The number of benzene rings is 1. The lowest BCUT2D eigenvalue weighted by atomic mass is 9.92. The Labute approximate surface area is 140 Å². The highest BCUT2D eigenvalue weighted by molar-refractivity contribution is 6.44. The number of carbonyl (C=O) groups is 1. The van der Waals surface area contributed by atoms with E-state index in [1.807, 2.05) is 0 Å². The van der Waals surface area contributed by atoms with Crippen LogP contribution < -0.4 is 10.2 Å². The Morgan fingerprint density at radius 2 is 1.71 bits per heavy atom. The first-order chi connectivity index (χ1) is 9.85. The Morgan fingerprint density at radius 1 is 1.14 bits per heavy atom. The molecule has 1 saturated heterocycles. The van der Waals surface area contributed by atoms with Crippen LogP contribution in [0.3, 0.4) is 0 Å². The van der Waals surface area contributed by atoms with Gasteiger partial charge in [0.1, 0.15) is 0 Å². The van der Waals surface area contributed by atoms with Crippen LogP contribution in [0, 0.1) is 11.8 Å². The fraction of sp³-hybridized carbons (Fsp3) is 0.533. The standard InChI is InChI=1S/C15H19Cl3N2O/c1-9-3-10(2)7-20(6-9)8-15(21)19-14-5-12(17)11(16)4-13(14)18/h4-5,9-10H,3,6-8H2,1-2H3,(H,19,21)/p+1/t9-,10+. The molecule has 1 aromatic carbocycles. The fourth-order valence-electron chi connectivity index (χ4n) is 3.11. The summed E-state index contributed by atoms with van der Waals surface area (Å²) in [5.74, 6) is 1.27. The van der Waals surface area contributed by atoms with Crippen LogP contribution in [-0.4, -0.2) is 25.5 Å². The number of nitrogens with one attached hydrogen (secondary N) is 2. The predicted octanol–water partition coefficient (Wildman–Crippen LogP) is 3.15. The van der Waals surface area contributed by atoms with Crippen LogP contribution in [0.15, 0.2) is 12.1 Å². The summed E-state index contributed by atoms with van der Waals surface area (Å²) in [4.78, 5) is 13.5. The zero-order valence-corrected chi connectivity index (χ0v) is 14.4. The van der Waals surface area contributed by atoms with Crippen molar-refractivity contribution in [3.05, 3.63) is 27.2 Å². The van der Waals surface area contributed by atoms with Crippen LogP contribution >= 0.6 is 34.8 Å². The Balaban J connectivity index is 1.97. The summed E-state index contributed by atoms with van der Waals surface area (Å²) in [6, 6.07) is 3.12. The normalized spacial score (nSPS) is 25.7. The van der Waals surface area contributed by atoms with Gasteiger partial charge in [-0.1, -0.05) is 48.7 Å². The maximum absolute atomic E-state index is 12.2. The maximum atomic E-state index is 12.2. The number of likely N-dealkylation sites (tertiary alicyclic amines) is 1. The van der Waals surface area contributed by atoms with Gasteiger partial charge in [-0.25, -0.2) is 0 Å². The van der Waals surface area contributed by atoms with Gasteiger partial charge in [0.25, 0.3) is 5.91 Å². The molecule has 0 aromatic heterocycles. The number of amides is 1. The zero-order chi connectivity index (χ0) is 15.6. The van der Waals surface area contributed by atoms with Crippen molar-refractivity contribution in [2.75, 3.05) is 25.0 Å². The molecule has 116 valence electrons. The first-order valence-electron chi connectivity index (χ1n) is 7.13. The molecule has 1 unspecified atom stereocenters. The molecule has 2 rings (SSSR count). The minimum atomic E-state index is -0.0495. The van der Waals surface area contributed by atoms with Crippen molar-refractivity contribution in [1.29, 1.82) is 0 Å². The van der Waals surface area contributed by atoms with Gasteiger partial charge in [0, 0.05) is 11.8 Å². The van der Waals surface area contributed by atoms with Crippen molar-refractivity contribution in [3.8, 4) is 0 Å². The number of rotatable bonds is 3. The number of hydrogen-bond acceptors (Lipinski definition) is 1. The minimum Gasteiger partial charge on any atom is -0.327 e. The summed E-state index contributed by atoms with van der Waals surface area (Å²) < 4.78 is 0. The van der Waals surface area contributed by atoms with Gasteiger partial charge in [-0.3, -0.25) is 4.79 Å². The van der Waals surface area contributed by atoms with E-state index in [0.29, 0.717) is 39.1 Å². The lowest BCUT2D eigenvalue weighted by molar-refractivity contribution is -0.904. The van der Waals surface area contributed by atoms with Gasteiger partial charge in [-0.15, -0.1) is 0 Å². The summed E-state index contributed by atoms with van der Waals surface area (Å²) >= 11 is 17.9. The average Bonchev–Trinajstić information content (AvgIpc) is 2.34. The van der Waals surface area contributed by atoms with E-state index < -0.39 is 0 Å². The molecule has 0 saturated carbocycles. The molecule has 0 radical (unpaired) electrons. The minimum absolute atomic E-state index is 0.0495. The van der Waals surface area contributed by atoms with Crippen molar-refractivity contribution in [2.45, 2.75) is 20.3 Å². The summed E-state index contributed by atoms with van der Waals surface area (Å²) in [5, 5.41) is 3.97. The zero-order valence-electron chi connectivity index (χ0n) is 12.2. The van der Waals surface area contributed by atoms with Gasteiger partial charge in [-0.2, -0.15) is 0 Å². The number of quaternary nitrogens is 1. The van der Waals surface area contributed by atoms with Gasteiger partial charge in [0.05, 0.1) is 33.8 Å². The van der Waals surface area contributed by atoms with Gasteiger partial charge >= 0.3 is 0 Å². The lowest BCUT2D eigenvalue weighted by Gasteiger charge is -2.31. The molecule has 3 atom stereocenters. The fourth-order valence-corrected chi connectivity index (χ4v) is 3.70. The molecular formula is C15H20Cl3N2O+. The molecule has 3 nitrogen and oxygen atoms in total. The van der Waals surface area contributed by atoms with Crippen molar-refractivity contribution < 1.29 is 9.69 Å². The average molecular weight is 351 g/mol. The third kappa shape index (κ3) is 4.75. The molecule has 0 bridgehead atoms. The molecule has 21 heavy (non-hydrogen) atoms. The van der Waals surface area contributed by atoms with Crippen LogP contribution in [0.4, 0.5) is 5.69 Å². The van der Waals surface area contributed by atoms with Crippen molar-refractivity contribution in [2.24, 2.45) is 11.8 Å². The number of anilines is 1. The van der Waals surface area contributed by atoms with Crippen molar-refractivity contribution in [3.63, 3.8) is 0 Å². The second-order valence-electron chi connectivity index (χ2n) is 6.08. The van der Waals surface area contributed by atoms with Crippen LogP contribution in [-0.2, 0) is 4.79 Å². The lowest BCUT2D eigenvalue weighted by Crippen LogP contribution is -3.15. The van der Waals surface area contributed by atoms with Crippen molar-refractivity contribution in [1.82, 2.24) is 0 Å². The van der Waals surface area contributed by atoms with Gasteiger partial charge in [-0.05, 0) is 18.6 Å². The molecule has 1 heterocycles. The molecular weight excluding hydrogens is 331 g/mol. The number of carbonyl (C=O) groups excluding carboxylic acids is 1. The molecule has 1 fully saturated rings. The topological polar surface area (TPSA) is 33.5 Å².